The number of nitrogens with zero attached hydrogens (tertiary/aromatic N) is 3. The lowest BCUT2D eigenvalue weighted by Gasteiger charge is -2.25. The van der Waals surface area contributed by atoms with Gasteiger partial charge in [-0.2, -0.15) is 0 Å². The van der Waals surface area contributed by atoms with E-state index in [1.165, 1.54) is 19.3 Å². The molecular weight excluding hydrogens is 242 g/mol. The quantitative estimate of drug-likeness (QED) is 0.741. The van der Waals surface area contributed by atoms with E-state index >= 15 is 0 Å². The molecule has 0 radical (unpaired) electrons. The van der Waals surface area contributed by atoms with Crippen molar-refractivity contribution in [1.29, 1.82) is 0 Å². The first-order valence-electron chi connectivity index (χ1n) is 7.21. The van der Waals surface area contributed by atoms with Gasteiger partial charge in [-0.25, -0.2) is 9.48 Å². The number of ether oxygens (including phenoxy) is 1. The number of carbonyl (C=O) groups excluding carboxylic acids is 1. The Bertz CT molecular complexity index is 436. The molecule has 1 heterocycles. The van der Waals surface area contributed by atoms with E-state index in [9.17, 15) is 4.79 Å². The van der Waals surface area contributed by atoms with Crippen LogP contribution in [0.5, 0.6) is 0 Å². The average Bonchev–Trinajstić information content (AvgIpc) is 2.66. The van der Waals surface area contributed by atoms with Gasteiger partial charge in [0.05, 0.1) is 12.3 Å². The fraction of sp³-hybridized carbons (Fsp3) is 0.786. The third kappa shape index (κ3) is 3.33. The summed E-state index contributed by atoms with van der Waals surface area (Å²) in [4.78, 5) is 11.9. The van der Waals surface area contributed by atoms with Gasteiger partial charge in [0.2, 0.25) is 0 Å². The van der Waals surface area contributed by atoms with Crippen molar-refractivity contribution in [3.8, 4) is 0 Å². The van der Waals surface area contributed by atoms with Gasteiger partial charge in [-0.15, -0.1) is 5.10 Å². The molecule has 0 aromatic carbocycles. The van der Waals surface area contributed by atoms with Crippen LogP contribution in [-0.2, 0) is 17.7 Å². The number of hydrogen-bond donors (Lipinski definition) is 0. The first-order chi connectivity index (χ1) is 9.11. The zero-order valence-electron chi connectivity index (χ0n) is 12.1. The van der Waals surface area contributed by atoms with Crippen molar-refractivity contribution in [2.24, 2.45) is 11.8 Å². The third-order valence-corrected chi connectivity index (χ3v) is 3.56. The van der Waals surface area contributed by atoms with E-state index in [0.717, 1.165) is 18.7 Å². The van der Waals surface area contributed by atoms with E-state index in [1.54, 1.807) is 6.92 Å². The Hall–Kier alpha value is -1.39. The highest BCUT2D eigenvalue weighted by molar-refractivity contribution is 5.88. The number of aromatic nitrogens is 3. The molecule has 1 aliphatic carbocycles. The summed E-state index contributed by atoms with van der Waals surface area (Å²) in [6, 6.07) is 0. The number of hydrogen-bond acceptors (Lipinski definition) is 4. The van der Waals surface area contributed by atoms with Gasteiger partial charge in [-0.1, -0.05) is 25.5 Å². The molecule has 0 aliphatic heterocycles. The Morgan fingerprint density at radius 1 is 1.47 bits per heavy atom. The van der Waals surface area contributed by atoms with Gasteiger partial charge >= 0.3 is 5.97 Å². The van der Waals surface area contributed by atoms with E-state index in [2.05, 4.69) is 24.2 Å². The lowest BCUT2D eigenvalue weighted by atomic mass is 9.85. The van der Waals surface area contributed by atoms with Gasteiger partial charge in [0, 0.05) is 6.54 Å². The summed E-state index contributed by atoms with van der Waals surface area (Å²) in [7, 11) is 0. The smallest absolute Gasteiger partial charge is 0.360 e. The van der Waals surface area contributed by atoms with Crippen LogP contribution >= 0.6 is 0 Å². The maximum atomic E-state index is 11.9. The Morgan fingerprint density at radius 3 is 2.74 bits per heavy atom. The van der Waals surface area contributed by atoms with Crippen LogP contribution in [0.1, 0.15) is 56.2 Å². The van der Waals surface area contributed by atoms with Crippen LogP contribution in [0.15, 0.2) is 0 Å². The number of carbonyl (C=O) groups is 1. The van der Waals surface area contributed by atoms with Crippen LogP contribution in [-0.4, -0.2) is 27.6 Å². The van der Waals surface area contributed by atoms with Crippen molar-refractivity contribution in [1.82, 2.24) is 15.0 Å². The summed E-state index contributed by atoms with van der Waals surface area (Å²) in [5.41, 5.74) is 1.33. The first kappa shape index (κ1) is 14.0. The van der Waals surface area contributed by atoms with Crippen molar-refractivity contribution in [3.05, 3.63) is 11.4 Å². The number of esters is 1. The minimum atomic E-state index is -0.349. The molecule has 0 amide bonds. The van der Waals surface area contributed by atoms with Gasteiger partial charge in [-0.3, -0.25) is 0 Å². The van der Waals surface area contributed by atoms with Crippen molar-refractivity contribution in [2.75, 3.05) is 6.61 Å². The molecule has 0 spiro atoms. The van der Waals surface area contributed by atoms with Crippen LogP contribution in [0.2, 0.25) is 0 Å². The second kappa shape index (κ2) is 6.17. The van der Waals surface area contributed by atoms with Crippen LogP contribution in [0.4, 0.5) is 0 Å². The molecule has 19 heavy (non-hydrogen) atoms. The summed E-state index contributed by atoms with van der Waals surface area (Å²) in [5.74, 6) is 0.812. The first-order valence-corrected chi connectivity index (χ1v) is 7.21. The summed E-state index contributed by atoms with van der Waals surface area (Å²) in [6.45, 7) is 7.33. The van der Waals surface area contributed by atoms with Crippen molar-refractivity contribution in [3.63, 3.8) is 0 Å². The molecular formula is C14H23N3O2. The molecule has 0 N–H and O–H groups in total. The topological polar surface area (TPSA) is 57.0 Å². The van der Waals surface area contributed by atoms with Crippen molar-refractivity contribution >= 4 is 5.97 Å². The van der Waals surface area contributed by atoms with Gasteiger partial charge in [-0.05, 0) is 38.0 Å². The van der Waals surface area contributed by atoms with Crippen LogP contribution in [0, 0.1) is 11.8 Å². The van der Waals surface area contributed by atoms with Gasteiger partial charge < -0.3 is 4.74 Å². The second-order valence-corrected chi connectivity index (χ2v) is 5.68. The maximum absolute atomic E-state index is 11.9. The Balaban J connectivity index is 2.19. The highest BCUT2D eigenvalue weighted by Crippen LogP contribution is 2.28. The fourth-order valence-corrected chi connectivity index (χ4v) is 2.35. The lowest BCUT2D eigenvalue weighted by Crippen LogP contribution is -2.21. The highest BCUT2D eigenvalue weighted by Gasteiger charge is 2.25. The largest absolute Gasteiger partial charge is 0.461 e. The molecule has 0 atom stereocenters. The van der Waals surface area contributed by atoms with Gasteiger partial charge in [0.25, 0.3) is 0 Å². The Morgan fingerprint density at radius 2 is 2.21 bits per heavy atom. The number of rotatable bonds is 6. The predicted molar refractivity (Wildman–Crippen MR) is 71.9 cm³/mol. The molecule has 0 bridgehead atoms. The zero-order chi connectivity index (χ0) is 13.8. The van der Waals surface area contributed by atoms with E-state index in [4.69, 9.17) is 4.74 Å². The molecule has 2 rings (SSSR count). The van der Waals surface area contributed by atoms with Crippen molar-refractivity contribution < 1.29 is 9.53 Å². The summed E-state index contributed by atoms with van der Waals surface area (Å²) >= 11 is 0. The molecule has 1 fully saturated rings. The second-order valence-electron chi connectivity index (χ2n) is 5.68. The molecule has 0 unspecified atom stereocenters. The fourth-order valence-electron chi connectivity index (χ4n) is 2.35. The minimum Gasteiger partial charge on any atom is -0.461 e. The van der Waals surface area contributed by atoms with E-state index in [-0.39, 0.29) is 5.97 Å². The standard InChI is InChI=1S/C14H23N3O2/c1-4-19-14(18)13-12(8-10(2)3)17(16-15-13)9-11-6-5-7-11/h10-11H,4-9H2,1-3H3. The molecule has 1 aliphatic rings. The molecule has 0 saturated heterocycles. The minimum absolute atomic E-state index is 0.349. The summed E-state index contributed by atoms with van der Waals surface area (Å²) in [5, 5.41) is 8.20. The monoisotopic (exact) mass is 265 g/mol. The molecule has 106 valence electrons. The van der Waals surface area contributed by atoms with E-state index in [1.807, 2.05) is 4.68 Å². The van der Waals surface area contributed by atoms with E-state index < -0.39 is 0 Å². The molecule has 5 heteroatoms. The SMILES string of the molecule is CCOC(=O)c1nnn(CC2CCC2)c1CC(C)C. The molecule has 1 aromatic rings. The van der Waals surface area contributed by atoms with Gasteiger partial charge in [0.1, 0.15) is 0 Å². The zero-order valence-corrected chi connectivity index (χ0v) is 12.1. The highest BCUT2D eigenvalue weighted by atomic mass is 16.5. The predicted octanol–water partition coefficient (Wildman–Crippen LogP) is 2.45. The van der Waals surface area contributed by atoms with Crippen LogP contribution in [0.3, 0.4) is 0 Å². The Labute approximate surface area is 114 Å². The maximum Gasteiger partial charge on any atom is 0.360 e. The molecule has 1 saturated carbocycles. The van der Waals surface area contributed by atoms with Gasteiger partial charge in [0.15, 0.2) is 5.69 Å². The van der Waals surface area contributed by atoms with Crippen LogP contribution in [0.25, 0.3) is 0 Å². The third-order valence-electron chi connectivity index (χ3n) is 3.56. The Kier molecular flexibility index (Phi) is 4.56. The van der Waals surface area contributed by atoms with Crippen LogP contribution < -0.4 is 0 Å². The summed E-state index contributed by atoms with van der Waals surface area (Å²) in [6.07, 6.45) is 4.64. The normalized spacial score (nSPS) is 15.6. The van der Waals surface area contributed by atoms with Crippen molar-refractivity contribution in [2.45, 2.75) is 53.0 Å². The van der Waals surface area contributed by atoms with E-state index in [0.29, 0.717) is 24.1 Å². The molecule has 1 aromatic heterocycles. The average molecular weight is 265 g/mol. The summed E-state index contributed by atoms with van der Waals surface area (Å²) < 4.78 is 6.97. The molecule has 5 nitrogen and oxygen atoms in total. The lowest BCUT2D eigenvalue weighted by molar-refractivity contribution is 0.0517.